The Morgan fingerprint density at radius 1 is 1.23 bits per heavy atom. The highest BCUT2D eigenvalue weighted by atomic mass is 19.4. The monoisotopic (exact) mass is 420 g/mol. The van der Waals surface area contributed by atoms with Crippen molar-refractivity contribution in [3.05, 3.63) is 42.2 Å². The number of halogens is 3. The molecule has 30 heavy (non-hydrogen) atoms. The molecule has 158 valence electrons. The number of pyridine rings is 2. The molecular weight excluding hydrogens is 401 g/mol. The van der Waals surface area contributed by atoms with Crippen LogP contribution in [0.25, 0.3) is 0 Å². The third-order valence-electron chi connectivity index (χ3n) is 5.14. The molecule has 0 aliphatic carbocycles. The summed E-state index contributed by atoms with van der Waals surface area (Å²) in [5, 5.41) is 4.60. The molecule has 4 rings (SSSR count). The molecule has 1 unspecified atom stereocenters. The van der Waals surface area contributed by atoms with Gasteiger partial charge >= 0.3 is 12.2 Å². The molecule has 8 nitrogen and oxygen atoms in total. The Bertz CT molecular complexity index is 968. The van der Waals surface area contributed by atoms with E-state index in [-0.39, 0.29) is 17.6 Å². The lowest BCUT2D eigenvalue weighted by molar-refractivity contribution is -0.149. The molecule has 4 heterocycles. The third-order valence-corrected chi connectivity index (χ3v) is 5.14. The second-order valence-corrected chi connectivity index (χ2v) is 7.18. The van der Waals surface area contributed by atoms with Crippen molar-refractivity contribution in [2.75, 3.05) is 28.2 Å². The molecule has 2 bridgehead atoms. The van der Waals surface area contributed by atoms with Gasteiger partial charge in [0, 0.05) is 19.3 Å². The molecule has 2 aromatic rings. The van der Waals surface area contributed by atoms with Crippen LogP contribution in [0.4, 0.5) is 35.3 Å². The van der Waals surface area contributed by atoms with Gasteiger partial charge in [0.2, 0.25) is 0 Å². The highest BCUT2D eigenvalue weighted by Crippen LogP contribution is 2.39. The van der Waals surface area contributed by atoms with Crippen molar-refractivity contribution in [2.24, 2.45) is 0 Å². The van der Waals surface area contributed by atoms with Gasteiger partial charge < -0.3 is 10.2 Å². The Balaban J connectivity index is 1.63. The van der Waals surface area contributed by atoms with E-state index in [9.17, 15) is 22.8 Å². The zero-order valence-electron chi connectivity index (χ0n) is 16.0. The van der Waals surface area contributed by atoms with Gasteiger partial charge in [0.25, 0.3) is 5.91 Å². The van der Waals surface area contributed by atoms with Crippen molar-refractivity contribution in [3.63, 3.8) is 0 Å². The van der Waals surface area contributed by atoms with Crippen LogP contribution in [0.3, 0.4) is 0 Å². The maximum Gasteiger partial charge on any atom is 0.408 e. The van der Waals surface area contributed by atoms with Crippen molar-refractivity contribution in [1.29, 1.82) is 0 Å². The normalized spacial score (nSPS) is 18.6. The van der Waals surface area contributed by atoms with E-state index in [0.717, 1.165) is 6.92 Å². The summed E-state index contributed by atoms with van der Waals surface area (Å²) in [6.45, 7) is 2.18. The molecule has 0 spiro atoms. The maximum absolute atomic E-state index is 13.0. The molecule has 2 aliphatic rings. The lowest BCUT2D eigenvalue weighted by Crippen LogP contribution is -2.49. The van der Waals surface area contributed by atoms with E-state index in [2.05, 4.69) is 15.3 Å². The van der Waals surface area contributed by atoms with Crippen molar-refractivity contribution >= 4 is 29.3 Å². The van der Waals surface area contributed by atoms with E-state index in [0.29, 0.717) is 31.0 Å². The second-order valence-electron chi connectivity index (χ2n) is 7.18. The Kier molecular flexibility index (Phi) is 4.96. The van der Waals surface area contributed by atoms with Crippen molar-refractivity contribution in [1.82, 2.24) is 15.3 Å². The summed E-state index contributed by atoms with van der Waals surface area (Å²) in [4.78, 5) is 37.1. The summed E-state index contributed by atoms with van der Waals surface area (Å²) >= 11 is 0. The number of hydrogen-bond acceptors (Lipinski definition) is 5. The van der Waals surface area contributed by atoms with Gasteiger partial charge in [0.05, 0.1) is 11.7 Å². The summed E-state index contributed by atoms with van der Waals surface area (Å²) in [5.74, 6) is -0.359. The highest BCUT2D eigenvalue weighted by Gasteiger charge is 2.41. The minimum atomic E-state index is -4.57. The number of nitrogens with zero attached hydrogens (tertiary/aromatic N) is 4. The molecule has 3 amide bonds. The molecule has 11 heteroatoms. The number of urea groups is 1. The number of carbonyl (C=O) groups is 2. The molecule has 2 atom stereocenters. The topological polar surface area (TPSA) is 90.5 Å². The van der Waals surface area contributed by atoms with Gasteiger partial charge in [-0.3, -0.25) is 15.0 Å². The van der Waals surface area contributed by atoms with Crippen LogP contribution in [-0.4, -0.2) is 53.3 Å². The van der Waals surface area contributed by atoms with Gasteiger partial charge in [0.1, 0.15) is 17.6 Å². The van der Waals surface area contributed by atoms with Gasteiger partial charge in [-0.05, 0) is 37.6 Å². The van der Waals surface area contributed by atoms with Crippen molar-refractivity contribution in [2.45, 2.75) is 31.6 Å². The Hall–Kier alpha value is -3.37. The number of carbonyl (C=O) groups excluding carboxylic acids is 2. The molecule has 2 aliphatic heterocycles. The van der Waals surface area contributed by atoms with Gasteiger partial charge in [-0.1, -0.05) is 6.07 Å². The van der Waals surface area contributed by atoms with Crippen molar-refractivity contribution < 1.29 is 22.8 Å². The summed E-state index contributed by atoms with van der Waals surface area (Å²) < 4.78 is 38.3. The minimum Gasteiger partial charge on any atom is -0.366 e. The van der Waals surface area contributed by atoms with E-state index < -0.39 is 24.2 Å². The van der Waals surface area contributed by atoms with E-state index >= 15 is 0 Å². The van der Waals surface area contributed by atoms with Crippen LogP contribution in [0, 0.1) is 0 Å². The van der Waals surface area contributed by atoms with Crippen LogP contribution in [0.15, 0.2) is 36.5 Å². The standard InChI is InChI=1S/C19H19F3N6O2/c1-11(19(20,21)22)24-17(29)13-5-6-14-16(25-13)28(12-7-9-27(14)10-12)18(30)26-15-4-2-3-8-23-15/h2-6,8,11-12H,7,9-10H2,1H3,(H,24,29)(H,23,26,30)/t11-,12?/m1/s1. The molecule has 1 saturated heterocycles. The van der Waals surface area contributed by atoms with Gasteiger partial charge in [-0.15, -0.1) is 0 Å². The van der Waals surface area contributed by atoms with Crippen LogP contribution < -0.4 is 20.4 Å². The van der Waals surface area contributed by atoms with Crippen LogP contribution in [0.2, 0.25) is 0 Å². The molecular formula is C19H19F3N6O2. The lowest BCUT2D eigenvalue weighted by atomic mass is 10.1. The first-order valence-corrected chi connectivity index (χ1v) is 9.39. The quantitative estimate of drug-likeness (QED) is 0.797. The molecule has 1 fully saturated rings. The molecule has 2 N–H and O–H groups in total. The molecule has 0 radical (unpaired) electrons. The molecule has 0 saturated carbocycles. The number of aromatic nitrogens is 2. The zero-order chi connectivity index (χ0) is 21.5. The Morgan fingerprint density at radius 2 is 2.03 bits per heavy atom. The predicted octanol–water partition coefficient (Wildman–Crippen LogP) is 2.79. The predicted molar refractivity (Wildman–Crippen MR) is 104 cm³/mol. The van der Waals surface area contributed by atoms with E-state index in [1.807, 2.05) is 10.2 Å². The van der Waals surface area contributed by atoms with Crippen LogP contribution in [0.5, 0.6) is 0 Å². The van der Waals surface area contributed by atoms with Gasteiger partial charge in [-0.25, -0.2) is 14.8 Å². The molecule has 0 aromatic carbocycles. The highest BCUT2D eigenvalue weighted by molar-refractivity contribution is 6.05. The third kappa shape index (κ3) is 3.74. The lowest BCUT2D eigenvalue weighted by Gasteiger charge is -2.35. The number of nitrogens with one attached hydrogen (secondary N) is 2. The first-order valence-electron chi connectivity index (χ1n) is 9.39. The van der Waals surface area contributed by atoms with Gasteiger partial charge in [0.15, 0.2) is 5.82 Å². The first-order chi connectivity index (χ1) is 14.2. The fraction of sp³-hybridized carbons (Fsp3) is 0.368. The van der Waals surface area contributed by atoms with E-state index in [1.165, 1.54) is 11.0 Å². The van der Waals surface area contributed by atoms with Crippen LogP contribution in [0.1, 0.15) is 23.8 Å². The number of alkyl halides is 3. The summed E-state index contributed by atoms with van der Waals surface area (Å²) in [6.07, 6.45) is -2.32. The van der Waals surface area contributed by atoms with Crippen LogP contribution in [-0.2, 0) is 0 Å². The second kappa shape index (κ2) is 7.47. The average Bonchev–Trinajstić information content (AvgIpc) is 3.12. The largest absolute Gasteiger partial charge is 0.408 e. The smallest absolute Gasteiger partial charge is 0.366 e. The summed E-state index contributed by atoms with van der Waals surface area (Å²) in [7, 11) is 0. The molecule has 2 aromatic heterocycles. The van der Waals surface area contributed by atoms with E-state index in [4.69, 9.17) is 0 Å². The first kappa shape index (κ1) is 19.9. The Morgan fingerprint density at radius 3 is 2.73 bits per heavy atom. The maximum atomic E-state index is 13.0. The van der Waals surface area contributed by atoms with Gasteiger partial charge in [-0.2, -0.15) is 13.2 Å². The number of fused-ring (bicyclic) bond motifs is 4. The number of hydrogen-bond donors (Lipinski definition) is 2. The number of anilines is 3. The summed E-state index contributed by atoms with van der Waals surface area (Å²) in [5.41, 5.74) is 0.461. The number of amides is 3. The zero-order valence-corrected chi connectivity index (χ0v) is 16.0. The number of rotatable bonds is 3. The SMILES string of the molecule is C[C@@H](NC(=O)c1ccc2c(n1)N(C(=O)Nc1ccccn1)C1CCN2C1)C(F)(F)F. The Labute approximate surface area is 170 Å². The summed E-state index contributed by atoms with van der Waals surface area (Å²) in [6, 6.07) is 5.41. The minimum absolute atomic E-state index is 0.166. The van der Waals surface area contributed by atoms with Crippen molar-refractivity contribution in [3.8, 4) is 0 Å². The fourth-order valence-electron chi connectivity index (χ4n) is 3.56. The van der Waals surface area contributed by atoms with Crippen LogP contribution >= 0.6 is 0 Å². The average molecular weight is 420 g/mol. The van der Waals surface area contributed by atoms with E-state index in [1.54, 1.807) is 30.5 Å². The fourth-order valence-corrected chi connectivity index (χ4v) is 3.56.